The van der Waals surface area contributed by atoms with Crippen LogP contribution in [0.3, 0.4) is 0 Å². The van der Waals surface area contributed by atoms with Crippen LogP contribution in [0.5, 0.6) is 0 Å². The van der Waals surface area contributed by atoms with Gasteiger partial charge < -0.3 is 4.57 Å². The molecule has 0 fully saturated rings. The van der Waals surface area contributed by atoms with Gasteiger partial charge in [-0.15, -0.1) is 0 Å². The first-order valence-electron chi connectivity index (χ1n) is 8.19. The summed E-state index contributed by atoms with van der Waals surface area (Å²) in [5.41, 5.74) is 2.81. The smallest absolute Gasteiger partial charge is 0.204 e. The van der Waals surface area contributed by atoms with E-state index in [9.17, 15) is 0 Å². The average molecular weight is 345 g/mol. The van der Waals surface area contributed by atoms with Crippen LogP contribution in [0.1, 0.15) is 16.7 Å². The summed E-state index contributed by atoms with van der Waals surface area (Å²) in [5.74, 6) is 0. The highest BCUT2D eigenvalue weighted by molar-refractivity contribution is 6.28. The van der Waals surface area contributed by atoms with Crippen molar-refractivity contribution in [2.24, 2.45) is 0 Å². The molecule has 0 amide bonds. The van der Waals surface area contributed by atoms with Gasteiger partial charge >= 0.3 is 0 Å². The van der Waals surface area contributed by atoms with Crippen molar-refractivity contribution < 1.29 is 0 Å². The van der Waals surface area contributed by atoms with Gasteiger partial charge in [0.1, 0.15) is 5.54 Å². The van der Waals surface area contributed by atoms with Gasteiger partial charge in [0.05, 0.1) is 0 Å². The van der Waals surface area contributed by atoms with Crippen LogP contribution in [0, 0.1) is 0 Å². The van der Waals surface area contributed by atoms with Crippen LogP contribution in [0.2, 0.25) is 5.28 Å². The van der Waals surface area contributed by atoms with Gasteiger partial charge in [0.25, 0.3) is 0 Å². The Hall–Kier alpha value is -2.84. The van der Waals surface area contributed by atoms with Gasteiger partial charge in [0.15, 0.2) is 0 Å². The standard InChI is InChI=1S/C22H17ClN2/c23-21-24-16-17-25(21)22(18-10-4-1-5-11-18,19-12-6-2-7-13-19)20-14-8-3-9-15-20/h1-17H. The van der Waals surface area contributed by atoms with Crippen LogP contribution < -0.4 is 0 Å². The SMILES string of the molecule is Clc1nccn1C(c1ccccc1)(c1ccccc1)c1ccccc1. The molecule has 3 heteroatoms. The van der Waals surface area contributed by atoms with Crippen LogP contribution in [0.25, 0.3) is 0 Å². The molecule has 0 spiro atoms. The molecule has 0 bridgehead atoms. The third-order valence-corrected chi connectivity index (χ3v) is 4.81. The Kier molecular flexibility index (Phi) is 4.12. The van der Waals surface area contributed by atoms with Crippen molar-refractivity contribution in [2.75, 3.05) is 0 Å². The number of halogens is 1. The van der Waals surface area contributed by atoms with Crippen LogP contribution in [0.15, 0.2) is 103 Å². The van der Waals surface area contributed by atoms with E-state index in [-0.39, 0.29) is 0 Å². The average Bonchev–Trinajstić information content (AvgIpc) is 3.12. The van der Waals surface area contributed by atoms with E-state index >= 15 is 0 Å². The van der Waals surface area contributed by atoms with Crippen molar-refractivity contribution in [1.29, 1.82) is 0 Å². The van der Waals surface area contributed by atoms with Gasteiger partial charge in [0.2, 0.25) is 5.28 Å². The summed E-state index contributed by atoms with van der Waals surface area (Å²) < 4.78 is 2.04. The van der Waals surface area contributed by atoms with Crippen molar-refractivity contribution in [1.82, 2.24) is 9.55 Å². The zero-order valence-corrected chi connectivity index (χ0v) is 14.3. The topological polar surface area (TPSA) is 17.8 Å². The maximum Gasteiger partial charge on any atom is 0.204 e. The molecule has 1 heterocycles. The summed E-state index contributed by atoms with van der Waals surface area (Å²) in [6.07, 6.45) is 3.68. The molecule has 25 heavy (non-hydrogen) atoms. The summed E-state index contributed by atoms with van der Waals surface area (Å²) in [6, 6.07) is 31.2. The highest BCUT2D eigenvalue weighted by Gasteiger charge is 2.39. The number of hydrogen-bond acceptors (Lipinski definition) is 1. The minimum Gasteiger partial charge on any atom is -0.303 e. The largest absolute Gasteiger partial charge is 0.303 e. The van der Waals surface area contributed by atoms with Crippen LogP contribution in [0.4, 0.5) is 0 Å². The molecule has 2 nitrogen and oxygen atoms in total. The highest BCUT2D eigenvalue weighted by atomic mass is 35.5. The van der Waals surface area contributed by atoms with E-state index in [1.807, 2.05) is 29.0 Å². The van der Waals surface area contributed by atoms with Crippen molar-refractivity contribution in [3.63, 3.8) is 0 Å². The number of imidazole rings is 1. The van der Waals surface area contributed by atoms with E-state index in [1.54, 1.807) is 6.20 Å². The third-order valence-electron chi connectivity index (χ3n) is 4.53. The van der Waals surface area contributed by atoms with Gasteiger partial charge in [-0.1, -0.05) is 91.0 Å². The molecule has 3 aromatic carbocycles. The Labute approximate surface area is 152 Å². The Bertz CT molecular complexity index is 850. The van der Waals surface area contributed by atoms with E-state index in [2.05, 4.69) is 77.8 Å². The van der Waals surface area contributed by atoms with E-state index in [1.165, 1.54) is 0 Å². The van der Waals surface area contributed by atoms with E-state index < -0.39 is 5.54 Å². The van der Waals surface area contributed by atoms with Gasteiger partial charge in [-0.05, 0) is 28.3 Å². The lowest BCUT2D eigenvalue weighted by molar-refractivity contribution is 0.515. The Morgan fingerprint density at radius 2 is 1.04 bits per heavy atom. The first-order valence-corrected chi connectivity index (χ1v) is 8.57. The fourth-order valence-electron chi connectivity index (χ4n) is 3.49. The monoisotopic (exact) mass is 344 g/mol. The molecule has 0 aliphatic carbocycles. The van der Waals surface area contributed by atoms with Crippen molar-refractivity contribution in [3.8, 4) is 0 Å². The highest BCUT2D eigenvalue weighted by Crippen LogP contribution is 2.42. The molecule has 0 unspecified atom stereocenters. The Morgan fingerprint density at radius 3 is 1.36 bits per heavy atom. The predicted octanol–water partition coefficient (Wildman–Crippen LogP) is 5.38. The molecular formula is C22H17ClN2. The minimum absolute atomic E-state index is 0.455. The van der Waals surface area contributed by atoms with E-state index in [0.29, 0.717) is 5.28 Å². The van der Waals surface area contributed by atoms with Gasteiger partial charge in [0, 0.05) is 12.4 Å². The van der Waals surface area contributed by atoms with Crippen LogP contribution in [-0.4, -0.2) is 9.55 Å². The second-order valence-corrected chi connectivity index (χ2v) is 6.21. The molecule has 0 atom stereocenters. The summed E-state index contributed by atoms with van der Waals surface area (Å²) in [7, 11) is 0. The van der Waals surface area contributed by atoms with Crippen molar-refractivity contribution >= 4 is 11.6 Å². The van der Waals surface area contributed by atoms with Gasteiger partial charge in [-0.2, -0.15) is 0 Å². The second kappa shape index (κ2) is 6.58. The van der Waals surface area contributed by atoms with Crippen molar-refractivity contribution in [3.05, 3.63) is 125 Å². The quantitative estimate of drug-likeness (QED) is 0.455. The summed E-state index contributed by atoms with van der Waals surface area (Å²) in [6.45, 7) is 0. The zero-order chi connectivity index (χ0) is 17.1. The molecule has 0 saturated heterocycles. The molecule has 0 radical (unpaired) electrons. The zero-order valence-electron chi connectivity index (χ0n) is 13.6. The molecule has 0 N–H and O–H groups in total. The third kappa shape index (κ3) is 2.55. The molecule has 0 saturated carbocycles. The number of rotatable bonds is 4. The van der Waals surface area contributed by atoms with E-state index in [0.717, 1.165) is 16.7 Å². The molecule has 4 rings (SSSR count). The summed E-state index contributed by atoms with van der Waals surface area (Å²) in [5, 5.41) is 0.455. The number of benzene rings is 3. The summed E-state index contributed by atoms with van der Waals surface area (Å²) >= 11 is 6.53. The van der Waals surface area contributed by atoms with Gasteiger partial charge in [-0.25, -0.2) is 4.98 Å². The second-order valence-electron chi connectivity index (χ2n) is 5.87. The number of nitrogens with zero attached hydrogens (tertiary/aromatic N) is 2. The molecule has 4 aromatic rings. The molecule has 1 aromatic heterocycles. The summed E-state index contributed by atoms with van der Waals surface area (Å²) in [4.78, 5) is 4.29. The fraction of sp³-hybridized carbons (Fsp3) is 0.0455. The lowest BCUT2D eigenvalue weighted by Gasteiger charge is -2.37. The molecular weight excluding hydrogens is 328 g/mol. The first-order chi connectivity index (χ1) is 12.3. The normalized spacial score (nSPS) is 11.4. The number of hydrogen-bond donors (Lipinski definition) is 0. The molecule has 0 aliphatic rings. The lowest BCUT2D eigenvalue weighted by atomic mass is 9.77. The first kappa shape index (κ1) is 15.7. The molecule has 0 aliphatic heterocycles. The maximum atomic E-state index is 6.53. The van der Waals surface area contributed by atoms with E-state index in [4.69, 9.17) is 11.6 Å². The lowest BCUT2D eigenvalue weighted by Crippen LogP contribution is -2.37. The Morgan fingerprint density at radius 1 is 0.640 bits per heavy atom. The van der Waals surface area contributed by atoms with Crippen molar-refractivity contribution in [2.45, 2.75) is 5.54 Å². The van der Waals surface area contributed by atoms with Gasteiger partial charge in [-0.3, -0.25) is 0 Å². The maximum absolute atomic E-state index is 6.53. The minimum atomic E-state index is -0.586. The number of aromatic nitrogens is 2. The fourth-order valence-corrected chi connectivity index (χ4v) is 3.73. The Balaban J connectivity index is 2.15. The van der Waals surface area contributed by atoms with Crippen LogP contribution in [-0.2, 0) is 5.54 Å². The predicted molar refractivity (Wildman–Crippen MR) is 102 cm³/mol. The molecule has 122 valence electrons. The van der Waals surface area contributed by atoms with Crippen LogP contribution >= 0.6 is 11.6 Å².